The summed E-state index contributed by atoms with van der Waals surface area (Å²) in [7, 11) is 0. The first-order chi connectivity index (χ1) is 11.7. The molecule has 0 aliphatic rings. The summed E-state index contributed by atoms with van der Waals surface area (Å²) in [4.78, 5) is 15.6. The molecule has 0 saturated carbocycles. The number of aromatic amines is 1. The van der Waals surface area contributed by atoms with Gasteiger partial charge < -0.3 is 16.0 Å². The van der Waals surface area contributed by atoms with Gasteiger partial charge in [-0.05, 0) is 28.5 Å². The van der Waals surface area contributed by atoms with Crippen molar-refractivity contribution in [3.05, 3.63) is 84.1 Å². The maximum atomic E-state index is 12.5. The van der Waals surface area contributed by atoms with Gasteiger partial charge in [-0.2, -0.15) is 0 Å². The quantitative estimate of drug-likeness (QED) is 0.504. The van der Waals surface area contributed by atoms with Crippen LogP contribution in [0, 0.1) is 0 Å². The summed E-state index contributed by atoms with van der Waals surface area (Å²) in [6.45, 7) is 0. The molecular formula is C20H17N3O. The highest BCUT2D eigenvalue weighted by Crippen LogP contribution is 2.22. The standard InChI is InChI=1S/C20H17N3O/c21-19(16-10-5-8-13-6-1-3-9-15(13)16)23-20(24)18-12-14-7-2-4-11-17(14)22-18/h1-12,19,22H,21H2,(H,23,24)/t19-/m1/s1. The Balaban J connectivity index is 1.63. The van der Waals surface area contributed by atoms with Gasteiger partial charge in [0.15, 0.2) is 0 Å². The molecule has 24 heavy (non-hydrogen) atoms. The van der Waals surface area contributed by atoms with Gasteiger partial charge in [0.25, 0.3) is 5.91 Å². The zero-order chi connectivity index (χ0) is 16.5. The van der Waals surface area contributed by atoms with Crippen LogP contribution in [-0.4, -0.2) is 10.9 Å². The van der Waals surface area contributed by atoms with Crippen molar-refractivity contribution < 1.29 is 4.79 Å². The summed E-state index contributed by atoms with van der Waals surface area (Å²) in [5, 5.41) is 6.02. The summed E-state index contributed by atoms with van der Waals surface area (Å²) in [6.07, 6.45) is -0.574. The average Bonchev–Trinajstić information content (AvgIpc) is 3.05. The van der Waals surface area contributed by atoms with Gasteiger partial charge in [0.05, 0.1) is 0 Å². The monoisotopic (exact) mass is 315 g/mol. The van der Waals surface area contributed by atoms with Gasteiger partial charge in [-0.25, -0.2) is 0 Å². The lowest BCUT2D eigenvalue weighted by Crippen LogP contribution is -2.34. The number of aromatic nitrogens is 1. The Morgan fingerprint density at radius 2 is 1.62 bits per heavy atom. The minimum absolute atomic E-state index is 0.216. The molecule has 0 aliphatic heterocycles. The van der Waals surface area contributed by atoms with E-state index in [1.807, 2.05) is 72.8 Å². The lowest BCUT2D eigenvalue weighted by atomic mass is 10.0. The van der Waals surface area contributed by atoms with E-state index in [1.165, 1.54) is 0 Å². The summed E-state index contributed by atoms with van der Waals surface area (Å²) in [5.74, 6) is -0.216. The number of fused-ring (bicyclic) bond motifs is 2. The SMILES string of the molecule is N[C@H](NC(=O)c1cc2ccccc2[nH]1)c1cccc2ccccc12. The summed E-state index contributed by atoms with van der Waals surface area (Å²) >= 11 is 0. The molecule has 118 valence electrons. The van der Waals surface area contributed by atoms with E-state index in [9.17, 15) is 4.79 Å². The van der Waals surface area contributed by atoms with Crippen molar-refractivity contribution in [2.45, 2.75) is 6.17 Å². The first-order valence-corrected chi connectivity index (χ1v) is 7.84. The smallest absolute Gasteiger partial charge is 0.269 e. The fourth-order valence-electron chi connectivity index (χ4n) is 3.01. The number of hydrogen-bond acceptors (Lipinski definition) is 2. The highest BCUT2D eigenvalue weighted by atomic mass is 16.2. The van der Waals surface area contributed by atoms with E-state index in [2.05, 4.69) is 10.3 Å². The Kier molecular flexibility index (Phi) is 3.52. The Morgan fingerprint density at radius 1 is 0.917 bits per heavy atom. The fourth-order valence-corrected chi connectivity index (χ4v) is 3.01. The molecular weight excluding hydrogens is 298 g/mol. The Hall–Kier alpha value is -3.11. The van der Waals surface area contributed by atoms with Gasteiger partial charge >= 0.3 is 0 Å². The molecule has 0 radical (unpaired) electrons. The predicted octanol–water partition coefficient (Wildman–Crippen LogP) is 3.71. The molecule has 0 aliphatic carbocycles. The molecule has 1 amide bonds. The van der Waals surface area contributed by atoms with Gasteiger partial charge in [0, 0.05) is 10.9 Å². The van der Waals surface area contributed by atoms with Crippen LogP contribution in [0.2, 0.25) is 0 Å². The van der Waals surface area contributed by atoms with Gasteiger partial charge in [0.1, 0.15) is 11.9 Å². The summed E-state index contributed by atoms with van der Waals surface area (Å²) in [6, 6.07) is 23.5. The number of benzene rings is 3. The van der Waals surface area contributed by atoms with Crippen molar-refractivity contribution in [3.8, 4) is 0 Å². The van der Waals surface area contributed by atoms with Gasteiger partial charge in [-0.1, -0.05) is 60.7 Å². The highest BCUT2D eigenvalue weighted by molar-refractivity contribution is 5.98. The predicted molar refractivity (Wildman–Crippen MR) is 96.6 cm³/mol. The number of amides is 1. The molecule has 1 heterocycles. The second-order valence-electron chi connectivity index (χ2n) is 5.79. The molecule has 4 aromatic rings. The minimum Gasteiger partial charge on any atom is -0.351 e. The zero-order valence-corrected chi connectivity index (χ0v) is 13.0. The number of para-hydroxylation sites is 1. The average molecular weight is 315 g/mol. The second kappa shape index (κ2) is 5.83. The largest absolute Gasteiger partial charge is 0.351 e. The van der Waals surface area contributed by atoms with E-state index in [1.54, 1.807) is 0 Å². The maximum absolute atomic E-state index is 12.5. The van der Waals surface area contributed by atoms with E-state index in [-0.39, 0.29) is 5.91 Å². The van der Waals surface area contributed by atoms with E-state index >= 15 is 0 Å². The van der Waals surface area contributed by atoms with Crippen LogP contribution >= 0.6 is 0 Å². The van der Waals surface area contributed by atoms with Crippen LogP contribution in [-0.2, 0) is 0 Å². The second-order valence-corrected chi connectivity index (χ2v) is 5.79. The van der Waals surface area contributed by atoms with Crippen molar-refractivity contribution in [1.82, 2.24) is 10.3 Å². The summed E-state index contributed by atoms with van der Waals surface area (Å²) < 4.78 is 0. The van der Waals surface area contributed by atoms with Crippen LogP contribution in [0.15, 0.2) is 72.8 Å². The molecule has 4 heteroatoms. The first kappa shape index (κ1) is 14.5. The fraction of sp³-hybridized carbons (Fsp3) is 0.0500. The van der Waals surface area contributed by atoms with Crippen LogP contribution < -0.4 is 11.1 Å². The van der Waals surface area contributed by atoms with Gasteiger partial charge in [0.2, 0.25) is 0 Å². The number of nitrogens with two attached hydrogens (primary N) is 1. The van der Waals surface area contributed by atoms with Crippen molar-refractivity contribution >= 4 is 27.6 Å². The molecule has 0 fully saturated rings. The van der Waals surface area contributed by atoms with Crippen LogP contribution in [0.1, 0.15) is 22.2 Å². The topological polar surface area (TPSA) is 70.9 Å². The lowest BCUT2D eigenvalue weighted by Gasteiger charge is -2.16. The Morgan fingerprint density at radius 3 is 2.46 bits per heavy atom. The van der Waals surface area contributed by atoms with E-state index in [4.69, 9.17) is 5.73 Å². The third-order valence-electron chi connectivity index (χ3n) is 4.22. The van der Waals surface area contributed by atoms with Crippen LogP contribution in [0.3, 0.4) is 0 Å². The number of carbonyl (C=O) groups excluding carboxylic acids is 1. The van der Waals surface area contributed by atoms with E-state index in [0.29, 0.717) is 5.69 Å². The zero-order valence-electron chi connectivity index (χ0n) is 13.0. The lowest BCUT2D eigenvalue weighted by molar-refractivity contribution is 0.0934. The Labute approximate surface area is 139 Å². The molecule has 3 aromatic carbocycles. The number of rotatable bonds is 3. The maximum Gasteiger partial charge on any atom is 0.269 e. The molecule has 1 aromatic heterocycles. The molecule has 0 bridgehead atoms. The van der Waals surface area contributed by atoms with Crippen LogP contribution in [0.5, 0.6) is 0 Å². The van der Waals surface area contributed by atoms with Gasteiger partial charge in [-0.15, -0.1) is 0 Å². The van der Waals surface area contributed by atoms with Gasteiger partial charge in [-0.3, -0.25) is 4.79 Å². The number of hydrogen-bond donors (Lipinski definition) is 3. The first-order valence-electron chi connectivity index (χ1n) is 7.84. The summed E-state index contributed by atoms with van der Waals surface area (Å²) in [5.41, 5.74) is 8.59. The van der Waals surface area contributed by atoms with Crippen molar-refractivity contribution in [2.24, 2.45) is 5.73 Å². The number of nitrogens with one attached hydrogen (secondary N) is 2. The van der Waals surface area contributed by atoms with Crippen molar-refractivity contribution in [3.63, 3.8) is 0 Å². The molecule has 0 spiro atoms. The molecule has 0 saturated heterocycles. The molecule has 4 N–H and O–H groups in total. The van der Waals surface area contributed by atoms with Crippen LogP contribution in [0.25, 0.3) is 21.7 Å². The third kappa shape index (κ3) is 2.53. The van der Waals surface area contributed by atoms with Crippen LogP contribution in [0.4, 0.5) is 0 Å². The van der Waals surface area contributed by atoms with Crippen molar-refractivity contribution in [1.29, 1.82) is 0 Å². The number of carbonyl (C=O) groups is 1. The normalized spacial score (nSPS) is 12.4. The number of H-pyrrole nitrogens is 1. The molecule has 4 nitrogen and oxygen atoms in total. The minimum atomic E-state index is -0.574. The van der Waals surface area contributed by atoms with E-state index in [0.717, 1.165) is 27.2 Å². The molecule has 1 atom stereocenters. The highest BCUT2D eigenvalue weighted by Gasteiger charge is 2.15. The molecule has 0 unspecified atom stereocenters. The van der Waals surface area contributed by atoms with Crippen molar-refractivity contribution in [2.75, 3.05) is 0 Å². The Bertz CT molecular complexity index is 997. The third-order valence-corrected chi connectivity index (χ3v) is 4.22. The van der Waals surface area contributed by atoms with E-state index < -0.39 is 6.17 Å². The molecule has 4 rings (SSSR count).